The Morgan fingerprint density at radius 1 is 1.20 bits per heavy atom. The maximum atomic E-state index is 12.5. The van der Waals surface area contributed by atoms with Gasteiger partial charge in [0, 0.05) is 23.1 Å². The summed E-state index contributed by atoms with van der Waals surface area (Å²) in [6.07, 6.45) is 0. The predicted octanol–water partition coefficient (Wildman–Crippen LogP) is 3.78. The highest BCUT2D eigenvalue weighted by Crippen LogP contribution is 2.36. The topological polar surface area (TPSA) is 73.0 Å². The van der Waals surface area contributed by atoms with Crippen LogP contribution in [0.3, 0.4) is 0 Å². The van der Waals surface area contributed by atoms with Gasteiger partial charge in [-0.1, -0.05) is 11.2 Å². The van der Waals surface area contributed by atoms with E-state index in [1.165, 1.54) is 11.1 Å². The number of carbonyl (C=O) groups is 1. The Hall–Kier alpha value is -2.54. The molecule has 1 N–H and O–H groups in total. The SMILES string of the molecule is Cc1cc(C(=O)Nc2c3c(nn2-c2ccc(C)c(C)c2)CSC3)no1. The number of hydrogen-bond acceptors (Lipinski definition) is 5. The third-order valence-corrected chi connectivity index (χ3v) is 5.35. The highest BCUT2D eigenvalue weighted by Gasteiger charge is 2.25. The van der Waals surface area contributed by atoms with Gasteiger partial charge >= 0.3 is 0 Å². The van der Waals surface area contributed by atoms with Crippen molar-refractivity contribution in [3.63, 3.8) is 0 Å². The standard InChI is InChI=1S/C18H18N4O2S/c1-10-4-5-13(6-11(10)2)22-17(14-8-25-9-16(14)20-22)19-18(23)15-7-12(3)24-21-15/h4-7H,8-9H2,1-3H3,(H,19,23). The lowest BCUT2D eigenvalue weighted by Crippen LogP contribution is -2.16. The van der Waals surface area contributed by atoms with E-state index < -0.39 is 0 Å². The van der Waals surface area contributed by atoms with Crippen molar-refractivity contribution < 1.29 is 9.32 Å². The fourth-order valence-electron chi connectivity index (χ4n) is 2.83. The number of benzene rings is 1. The Morgan fingerprint density at radius 3 is 2.76 bits per heavy atom. The highest BCUT2D eigenvalue weighted by molar-refractivity contribution is 7.98. The summed E-state index contributed by atoms with van der Waals surface area (Å²) < 4.78 is 6.82. The molecule has 1 amide bonds. The van der Waals surface area contributed by atoms with Crippen LogP contribution >= 0.6 is 11.8 Å². The normalized spacial score (nSPS) is 13.1. The summed E-state index contributed by atoms with van der Waals surface area (Å²) in [6.45, 7) is 5.91. The molecule has 3 aromatic rings. The molecule has 25 heavy (non-hydrogen) atoms. The average molecular weight is 354 g/mol. The van der Waals surface area contributed by atoms with Gasteiger partial charge < -0.3 is 9.84 Å². The maximum Gasteiger partial charge on any atom is 0.279 e. The van der Waals surface area contributed by atoms with Crippen molar-refractivity contribution in [3.05, 3.63) is 58.1 Å². The second kappa shape index (κ2) is 6.07. The number of amides is 1. The molecule has 0 bridgehead atoms. The van der Waals surface area contributed by atoms with E-state index in [2.05, 4.69) is 36.5 Å². The van der Waals surface area contributed by atoms with Crippen LogP contribution in [0.5, 0.6) is 0 Å². The number of rotatable bonds is 3. The molecule has 1 aliphatic heterocycles. The molecule has 4 rings (SSSR count). The fraction of sp³-hybridized carbons (Fsp3) is 0.278. The van der Waals surface area contributed by atoms with E-state index in [0.717, 1.165) is 28.5 Å². The zero-order valence-electron chi connectivity index (χ0n) is 14.3. The van der Waals surface area contributed by atoms with Crippen molar-refractivity contribution in [1.82, 2.24) is 14.9 Å². The molecule has 0 spiro atoms. The summed E-state index contributed by atoms with van der Waals surface area (Å²) in [4.78, 5) is 12.5. The Bertz CT molecular complexity index is 974. The first-order valence-electron chi connectivity index (χ1n) is 8.04. The predicted molar refractivity (Wildman–Crippen MR) is 97.2 cm³/mol. The van der Waals surface area contributed by atoms with Crippen LogP contribution in [0.25, 0.3) is 5.69 Å². The quantitative estimate of drug-likeness (QED) is 0.775. The molecule has 0 unspecified atom stereocenters. The third kappa shape index (κ3) is 2.84. The summed E-state index contributed by atoms with van der Waals surface area (Å²) in [7, 11) is 0. The molecular formula is C18H18N4O2S. The van der Waals surface area contributed by atoms with Crippen molar-refractivity contribution >= 4 is 23.5 Å². The molecular weight excluding hydrogens is 336 g/mol. The minimum absolute atomic E-state index is 0.268. The molecule has 0 aliphatic carbocycles. The lowest BCUT2D eigenvalue weighted by atomic mass is 10.1. The van der Waals surface area contributed by atoms with Gasteiger partial charge in [0.05, 0.1) is 11.4 Å². The van der Waals surface area contributed by atoms with E-state index in [1.54, 1.807) is 24.8 Å². The number of carbonyl (C=O) groups excluding carboxylic acids is 1. The van der Waals surface area contributed by atoms with Gasteiger partial charge in [-0.25, -0.2) is 4.68 Å². The van der Waals surface area contributed by atoms with E-state index in [-0.39, 0.29) is 11.6 Å². The van der Waals surface area contributed by atoms with Gasteiger partial charge in [0.15, 0.2) is 5.69 Å². The molecule has 1 aliphatic rings. The van der Waals surface area contributed by atoms with Crippen LogP contribution in [0.1, 0.15) is 38.6 Å². The van der Waals surface area contributed by atoms with Gasteiger partial charge in [-0.2, -0.15) is 16.9 Å². The van der Waals surface area contributed by atoms with Crippen LogP contribution in [-0.2, 0) is 11.5 Å². The van der Waals surface area contributed by atoms with Gasteiger partial charge in [0.2, 0.25) is 0 Å². The summed E-state index contributed by atoms with van der Waals surface area (Å²) in [6, 6.07) is 7.80. The van der Waals surface area contributed by atoms with Gasteiger partial charge in [-0.3, -0.25) is 4.79 Å². The molecule has 1 aromatic carbocycles. The molecule has 0 saturated carbocycles. The monoisotopic (exact) mass is 354 g/mol. The van der Waals surface area contributed by atoms with E-state index in [4.69, 9.17) is 9.62 Å². The van der Waals surface area contributed by atoms with Gasteiger partial charge in [0.1, 0.15) is 11.6 Å². The van der Waals surface area contributed by atoms with Gasteiger partial charge in [-0.15, -0.1) is 0 Å². The first-order valence-corrected chi connectivity index (χ1v) is 9.19. The lowest BCUT2D eigenvalue weighted by molar-refractivity contribution is 0.101. The van der Waals surface area contributed by atoms with Crippen LogP contribution in [0.15, 0.2) is 28.8 Å². The Morgan fingerprint density at radius 2 is 2.04 bits per heavy atom. The van der Waals surface area contributed by atoms with Crippen LogP contribution < -0.4 is 5.32 Å². The molecule has 3 heterocycles. The number of hydrogen-bond donors (Lipinski definition) is 1. The first kappa shape index (κ1) is 16.0. The Labute approximate surface area is 149 Å². The van der Waals surface area contributed by atoms with Crippen molar-refractivity contribution in [2.24, 2.45) is 0 Å². The zero-order chi connectivity index (χ0) is 17.6. The molecule has 128 valence electrons. The summed E-state index contributed by atoms with van der Waals surface area (Å²) in [5.74, 6) is 2.73. The van der Waals surface area contributed by atoms with E-state index in [0.29, 0.717) is 11.6 Å². The van der Waals surface area contributed by atoms with Crippen LogP contribution in [-0.4, -0.2) is 20.8 Å². The zero-order valence-corrected chi connectivity index (χ0v) is 15.1. The average Bonchev–Trinajstić information content (AvgIpc) is 3.27. The fourth-order valence-corrected chi connectivity index (χ4v) is 3.87. The van der Waals surface area contributed by atoms with Crippen LogP contribution in [0.2, 0.25) is 0 Å². The second-order valence-electron chi connectivity index (χ2n) is 6.22. The van der Waals surface area contributed by atoms with Crippen molar-refractivity contribution in [2.75, 3.05) is 5.32 Å². The smallest absolute Gasteiger partial charge is 0.279 e. The van der Waals surface area contributed by atoms with E-state index >= 15 is 0 Å². The summed E-state index contributed by atoms with van der Waals surface area (Å²) in [5, 5.41) is 11.5. The van der Waals surface area contributed by atoms with Gasteiger partial charge in [0.25, 0.3) is 5.91 Å². The molecule has 6 nitrogen and oxygen atoms in total. The molecule has 0 fully saturated rings. The van der Waals surface area contributed by atoms with Crippen LogP contribution in [0.4, 0.5) is 5.82 Å². The van der Waals surface area contributed by atoms with E-state index in [1.807, 2.05) is 10.7 Å². The third-order valence-electron chi connectivity index (χ3n) is 4.38. The first-order chi connectivity index (χ1) is 12.0. The number of nitrogens with zero attached hydrogens (tertiary/aromatic N) is 3. The number of thioether (sulfide) groups is 1. The molecule has 2 aromatic heterocycles. The Kier molecular flexibility index (Phi) is 3.88. The minimum atomic E-state index is -0.290. The number of aryl methyl sites for hydroxylation is 3. The van der Waals surface area contributed by atoms with Crippen LogP contribution in [0, 0.1) is 20.8 Å². The summed E-state index contributed by atoms with van der Waals surface area (Å²) in [5.41, 5.74) is 5.72. The number of aromatic nitrogens is 3. The van der Waals surface area contributed by atoms with Gasteiger partial charge in [-0.05, 0) is 44.0 Å². The highest BCUT2D eigenvalue weighted by atomic mass is 32.2. The Balaban J connectivity index is 1.75. The largest absolute Gasteiger partial charge is 0.361 e. The number of anilines is 1. The van der Waals surface area contributed by atoms with Crippen molar-refractivity contribution in [1.29, 1.82) is 0 Å². The lowest BCUT2D eigenvalue weighted by Gasteiger charge is -2.11. The summed E-state index contributed by atoms with van der Waals surface area (Å²) >= 11 is 1.80. The van der Waals surface area contributed by atoms with Crippen molar-refractivity contribution in [3.8, 4) is 5.69 Å². The molecule has 0 atom stereocenters. The molecule has 7 heteroatoms. The minimum Gasteiger partial charge on any atom is -0.361 e. The number of fused-ring (bicyclic) bond motifs is 1. The number of nitrogens with one attached hydrogen (secondary N) is 1. The maximum absolute atomic E-state index is 12.5. The molecule has 0 saturated heterocycles. The van der Waals surface area contributed by atoms with Crippen molar-refractivity contribution in [2.45, 2.75) is 32.3 Å². The van der Waals surface area contributed by atoms with E-state index in [9.17, 15) is 4.79 Å². The second-order valence-corrected chi connectivity index (χ2v) is 7.21. The molecule has 0 radical (unpaired) electrons.